The fourth-order valence-electron chi connectivity index (χ4n) is 6.24. The maximum Gasteiger partial charge on any atom is 0.335 e. The van der Waals surface area contributed by atoms with E-state index in [-0.39, 0.29) is 11.5 Å². The Labute approximate surface area is 240 Å². The first kappa shape index (κ1) is 26.8. The van der Waals surface area contributed by atoms with Gasteiger partial charge in [-0.1, -0.05) is 43.3 Å². The molecular weight excluding hydrogens is 514 g/mol. The van der Waals surface area contributed by atoms with E-state index >= 15 is 0 Å². The topological polar surface area (TPSA) is 84.7 Å². The normalized spacial score (nSPS) is 18.9. The van der Waals surface area contributed by atoms with Gasteiger partial charge in [0.05, 0.1) is 24.9 Å². The van der Waals surface area contributed by atoms with E-state index in [2.05, 4.69) is 44.1 Å². The van der Waals surface area contributed by atoms with Crippen molar-refractivity contribution in [3.8, 4) is 16.9 Å². The number of carbonyl (C=O) groups excluding carboxylic acids is 1. The third-order valence-electron chi connectivity index (χ3n) is 8.77. The molecule has 1 aromatic heterocycles. The third kappa shape index (κ3) is 5.24. The van der Waals surface area contributed by atoms with Crippen molar-refractivity contribution in [3.63, 3.8) is 0 Å². The Kier molecular flexibility index (Phi) is 7.12. The summed E-state index contributed by atoms with van der Waals surface area (Å²) in [6.45, 7) is 8.16. The van der Waals surface area contributed by atoms with Gasteiger partial charge in [0.2, 0.25) is 5.91 Å². The lowest BCUT2D eigenvalue weighted by Crippen LogP contribution is -2.36. The molecule has 3 unspecified atom stereocenters. The molecule has 3 aromatic carbocycles. The Morgan fingerprint density at radius 2 is 1.88 bits per heavy atom. The molecule has 1 amide bonds. The van der Waals surface area contributed by atoms with Crippen LogP contribution in [0.5, 0.6) is 5.75 Å². The number of carboxylic acid groups (broad SMARTS) is 1. The molecule has 1 aliphatic carbocycles. The molecule has 1 aliphatic heterocycles. The molecule has 210 valence electrons. The second kappa shape index (κ2) is 10.9. The summed E-state index contributed by atoms with van der Waals surface area (Å²) < 4.78 is 7.84. The number of hydrogen-bond donors (Lipinski definition) is 1. The van der Waals surface area contributed by atoms with Gasteiger partial charge in [-0.2, -0.15) is 5.10 Å². The minimum absolute atomic E-state index is 0.138. The van der Waals surface area contributed by atoms with Crippen LogP contribution in [0.3, 0.4) is 0 Å². The number of carbonyl (C=O) groups is 2. The summed E-state index contributed by atoms with van der Waals surface area (Å²) in [4.78, 5) is 26.9. The summed E-state index contributed by atoms with van der Waals surface area (Å²) in [5, 5.41) is 13.9. The summed E-state index contributed by atoms with van der Waals surface area (Å²) in [6, 6.07) is 19.2. The Morgan fingerprint density at radius 3 is 2.71 bits per heavy atom. The molecule has 0 radical (unpaired) electrons. The standard InChI is InChI=1S/C34H35N3O4/c1-21-8-4-13-30(22(21)2)41-15-7-14-31(38)37-20-28-23(3)32(28)33-27(11-6-12-29(33)37)26-17-35-36(19-26)18-24-9-5-10-25(16-24)34(39)40/h4-6,8-13,16-17,19,23,28,32H,7,14-15,18,20H2,1-3H3,(H,39,40). The maximum absolute atomic E-state index is 13.5. The van der Waals surface area contributed by atoms with Crippen LogP contribution in [-0.2, 0) is 11.3 Å². The van der Waals surface area contributed by atoms with E-state index in [0.29, 0.717) is 43.7 Å². The van der Waals surface area contributed by atoms with E-state index in [1.54, 1.807) is 18.2 Å². The largest absolute Gasteiger partial charge is 0.493 e. The van der Waals surface area contributed by atoms with Crippen LogP contribution >= 0.6 is 0 Å². The third-order valence-corrected chi connectivity index (χ3v) is 8.77. The Hall–Kier alpha value is -4.39. The maximum atomic E-state index is 13.5. The van der Waals surface area contributed by atoms with Gasteiger partial charge in [-0.25, -0.2) is 4.79 Å². The van der Waals surface area contributed by atoms with Gasteiger partial charge < -0.3 is 14.7 Å². The highest BCUT2D eigenvalue weighted by Gasteiger charge is 2.54. The van der Waals surface area contributed by atoms with Crippen LogP contribution in [0.4, 0.5) is 5.69 Å². The van der Waals surface area contributed by atoms with Gasteiger partial charge >= 0.3 is 5.97 Å². The molecule has 6 rings (SSSR count). The minimum atomic E-state index is -0.940. The van der Waals surface area contributed by atoms with Crippen molar-refractivity contribution in [1.29, 1.82) is 0 Å². The number of ether oxygens (including phenoxy) is 1. The molecule has 1 saturated carbocycles. The van der Waals surface area contributed by atoms with Gasteiger partial charge in [0, 0.05) is 30.4 Å². The fourth-order valence-corrected chi connectivity index (χ4v) is 6.24. The molecule has 2 heterocycles. The quantitative estimate of drug-likeness (QED) is 0.242. The summed E-state index contributed by atoms with van der Waals surface area (Å²) in [5.74, 6) is 1.51. The minimum Gasteiger partial charge on any atom is -0.493 e. The number of hydrogen-bond acceptors (Lipinski definition) is 4. The zero-order chi connectivity index (χ0) is 28.7. The first-order valence-corrected chi connectivity index (χ1v) is 14.3. The molecule has 0 spiro atoms. The number of carboxylic acids is 1. The predicted octanol–water partition coefficient (Wildman–Crippen LogP) is 6.47. The predicted molar refractivity (Wildman–Crippen MR) is 159 cm³/mol. The van der Waals surface area contributed by atoms with Gasteiger partial charge in [-0.3, -0.25) is 9.48 Å². The van der Waals surface area contributed by atoms with E-state index in [1.807, 2.05) is 46.2 Å². The van der Waals surface area contributed by atoms with Crippen molar-refractivity contribution in [2.45, 2.75) is 46.1 Å². The van der Waals surface area contributed by atoms with Crippen LogP contribution < -0.4 is 9.64 Å². The van der Waals surface area contributed by atoms with Crippen molar-refractivity contribution < 1.29 is 19.4 Å². The van der Waals surface area contributed by atoms with Crippen molar-refractivity contribution in [2.75, 3.05) is 18.1 Å². The number of aryl methyl sites for hydroxylation is 1. The molecule has 7 heteroatoms. The number of aromatic nitrogens is 2. The fraction of sp³-hybridized carbons (Fsp3) is 0.324. The summed E-state index contributed by atoms with van der Waals surface area (Å²) in [5.41, 5.74) is 7.85. The molecule has 3 atom stereocenters. The average molecular weight is 550 g/mol. The molecule has 4 aromatic rings. The summed E-state index contributed by atoms with van der Waals surface area (Å²) in [7, 11) is 0. The van der Waals surface area contributed by atoms with Crippen LogP contribution in [0.1, 0.15) is 58.3 Å². The van der Waals surface area contributed by atoms with E-state index < -0.39 is 5.97 Å². The van der Waals surface area contributed by atoms with Crippen LogP contribution in [0.15, 0.2) is 73.1 Å². The monoisotopic (exact) mass is 549 g/mol. The van der Waals surface area contributed by atoms with Gasteiger partial charge in [0.25, 0.3) is 0 Å². The molecule has 0 bridgehead atoms. The lowest BCUT2D eigenvalue weighted by atomic mass is 9.92. The van der Waals surface area contributed by atoms with Gasteiger partial charge in [-0.05, 0) is 90.1 Å². The van der Waals surface area contributed by atoms with Gasteiger partial charge in [-0.15, -0.1) is 0 Å². The SMILES string of the molecule is Cc1cccc(OCCCC(=O)N2CC3C(C)C3c3c(-c4cnn(Cc5cccc(C(=O)O)c5)c4)cccc32)c1C. The second-order valence-corrected chi connectivity index (χ2v) is 11.4. The molecule has 1 N–H and O–H groups in total. The van der Waals surface area contributed by atoms with Crippen LogP contribution in [0, 0.1) is 25.7 Å². The van der Waals surface area contributed by atoms with Gasteiger partial charge in [0.1, 0.15) is 5.75 Å². The van der Waals surface area contributed by atoms with Crippen molar-refractivity contribution in [2.24, 2.45) is 11.8 Å². The van der Waals surface area contributed by atoms with Crippen LogP contribution in [-0.4, -0.2) is 39.9 Å². The highest BCUT2D eigenvalue weighted by Crippen LogP contribution is 2.61. The number of rotatable bonds is 9. The highest BCUT2D eigenvalue weighted by molar-refractivity contribution is 5.97. The Morgan fingerprint density at radius 1 is 1.07 bits per heavy atom. The number of fused-ring (bicyclic) bond motifs is 3. The number of nitrogens with zero attached hydrogens (tertiary/aromatic N) is 3. The molecule has 0 saturated heterocycles. The van der Waals surface area contributed by atoms with Crippen molar-refractivity contribution in [3.05, 3.63) is 101 Å². The summed E-state index contributed by atoms with van der Waals surface area (Å²) >= 11 is 0. The first-order chi connectivity index (χ1) is 19.8. The molecule has 41 heavy (non-hydrogen) atoms. The van der Waals surface area contributed by atoms with E-state index in [0.717, 1.165) is 40.2 Å². The smallest absolute Gasteiger partial charge is 0.335 e. The van der Waals surface area contributed by atoms with E-state index in [4.69, 9.17) is 4.74 Å². The van der Waals surface area contributed by atoms with Crippen LogP contribution in [0.2, 0.25) is 0 Å². The van der Waals surface area contributed by atoms with Crippen molar-refractivity contribution >= 4 is 17.6 Å². The molecule has 2 aliphatic rings. The molecule has 1 fully saturated rings. The van der Waals surface area contributed by atoms with Crippen molar-refractivity contribution in [1.82, 2.24) is 9.78 Å². The average Bonchev–Trinajstić information content (AvgIpc) is 3.39. The Balaban J connectivity index is 1.18. The zero-order valence-electron chi connectivity index (χ0n) is 23.7. The Bertz CT molecular complexity index is 1620. The summed E-state index contributed by atoms with van der Waals surface area (Å²) in [6.07, 6.45) is 4.98. The highest BCUT2D eigenvalue weighted by atomic mass is 16.5. The zero-order valence-corrected chi connectivity index (χ0v) is 23.7. The molecular formula is C34H35N3O4. The van der Waals surface area contributed by atoms with E-state index in [9.17, 15) is 14.7 Å². The number of benzene rings is 3. The lowest BCUT2D eigenvalue weighted by molar-refractivity contribution is -0.119. The van der Waals surface area contributed by atoms with Crippen LogP contribution in [0.25, 0.3) is 11.1 Å². The number of amides is 1. The first-order valence-electron chi connectivity index (χ1n) is 14.3. The molecule has 7 nitrogen and oxygen atoms in total. The van der Waals surface area contributed by atoms with E-state index in [1.165, 1.54) is 11.1 Å². The lowest BCUT2D eigenvalue weighted by Gasteiger charge is -2.30. The number of aromatic carboxylic acids is 1. The second-order valence-electron chi connectivity index (χ2n) is 11.4. The number of anilines is 1. The van der Waals surface area contributed by atoms with Gasteiger partial charge in [0.15, 0.2) is 0 Å².